The molecule has 2 aromatic rings. The zero-order valence-electron chi connectivity index (χ0n) is 18.2. The Balaban J connectivity index is 2.02. The second kappa shape index (κ2) is 10.5. The Kier molecular flexibility index (Phi) is 7.71. The summed E-state index contributed by atoms with van der Waals surface area (Å²) < 4.78 is 44.0. The van der Waals surface area contributed by atoms with Gasteiger partial charge in [-0.15, -0.1) is 0 Å². The first-order chi connectivity index (χ1) is 15.8. The Bertz CT molecular complexity index is 1120. The summed E-state index contributed by atoms with van der Waals surface area (Å²) in [7, 11) is -1.76. The number of nitro groups is 1. The average Bonchev–Trinajstić information content (AvgIpc) is 3.34. The molecule has 0 unspecified atom stereocenters. The van der Waals surface area contributed by atoms with E-state index in [4.69, 9.17) is 14.2 Å². The summed E-state index contributed by atoms with van der Waals surface area (Å²) in [5.41, 5.74) is -0.571. The number of methoxy groups -OCH3 is 2. The minimum atomic E-state index is -4.54. The number of hydrogen-bond acceptors (Lipinski definition) is 8. The van der Waals surface area contributed by atoms with Crippen LogP contribution < -0.4 is 19.1 Å². The van der Waals surface area contributed by atoms with E-state index in [1.807, 2.05) is 0 Å². The van der Waals surface area contributed by atoms with Crippen molar-refractivity contribution in [2.45, 2.75) is 23.8 Å². The number of sulfonamides is 1. The Labute approximate surface area is 191 Å². The molecule has 0 aliphatic carbocycles. The first-order valence-electron chi connectivity index (χ1n) is 10.1. The van der Waals surface area contributed by atoms with Crippen LogP contribution in [0.4, 0.5) is 11.4 Å². The number of anilines is 1. The van der Waals surface area contributed by atoms with Gasteiger partial charge in [-0.05, 0) is 31.0 Å². The van der Waals surface area contributed by atoms with Crippen LogP contribution in [0, 0.1) is 10.1 Å². The van der Waals surface area contributed by atoms with Gasteiger partial charge < -0.3 is 19.5 Å². The number of hydrogen-bond donors (Lipinski definition) is 1. The maximum absolute atomic E-state index is 13.6. The molecule has 0 spiro atoms. The molecule has 11 nitrogen and oxygen atoms in total. The molecule has 3 rings (SSSR count). The van der Waals surface area contributed by atoms with Gasteiger partial charge in [-0.25, -0.2) is 8.42 Å². The van der Waals surface area contributed by atoms with Crippen LogP contribution in [0.5, 0.6) is 11.5 Å². The standard InChI is InChI=1S/C21H25N3O8S/c1-30-15-9-10-17(19(12-15)31-2)23(14-21(25)22-13-16-6-5-11-32-16)33(28,29)20-8-4-3-7-18(20)24(26)27/h3-4,7-10,12,16H,5-6,11,13-14H2,1-2H3,(H,22,25)/t16-/m0/s1. The van der Waals surface area contributed by atoms with Crippen LogP contribution in [0.15, 0.2) is 47.4 Å². The zero-order chi connectivity index (χ0) is 24.0. The van der Waals surface area contributed by atoms with Crippen LogP contribution in [0.2, 0.25) is 0 Å². The van der Waals surface area contributed by atoms with E-state index in [1.165, 1.54) is 44.6 Å². The van der Waals surface area contributed by atoms with E-state index in [9.17, 15) is 23.3 Å². The zero-order valence-corrected chi connectivity index (χ0v) is 19.0. The van der Waals surface area contributed by atoms with Crippen molar-refractivity contribution in [1.29, 1.82) is 0 Å². The van der Waals surface area contributed by atoms with Crippen molar-refractivity contribution in [3.8, 4) is 11.5 Å². The van der Waals surface area contributed by atoms with Crippen molar-refractivity contribution in [2.75, 3.05) is 38.2 Å². The molecule has 33 heavy (non-hydrogen) atoms. The van der Waals surface area contributed by atoms with Crippen molar-refractivity contribution in [1.82, 2.24) is 5.32 Å². The van der Waals surface area contributed by atoms with Gasteiger partial charge in [0.1, 0.15) is 18.0 Å². The second-order valence-corrected chi connectivity index (χ2v) is 9.04. The van der Waals surface area contributed by atoms with E-state index >= 15 is 0 Å². The highest BCUT2D eigenvalue weighted by atomic mass is 32.2. The molecule has 0 radical (unpaired) electrons. The van der Waals surface area contributed by atoms with Gasteiger partial charge in [0.05, 0.1) is 30.9 Å². The molecule has 1 fully saturated rings. The van der Waals surface area contributed by atoms with Gasteiger partial charge in [-0.2, -0.15) is 0 Å². The lowest BCUT2D eigenvalue weighted by molar-refractivity contribution is -0.387. The molecule has 2 aromatic carbocycles. The molecule has 1 aliphatic rings. The number of carbonyl (C=O) groups excluding carboxylic acids is 1. The van der Waals surface area contributed by atoms with E-state index in [-0.39, 0.29) is 24.1 Å². The number of amides is 1. The molecule has 0 aromatic heterocycles. The summed E-state index contributed by atoms with van der Waals surface area (Å²) in [6.07, 6.45) is 1.55. The number of rotatable bonds is 10. The lowest BCUT2D eigenvalue weighted by atomic mass is 10.2. The number of nitrogens with one attached hydrogen (secondary N) is 1. The minimum absolute atomic E-state index is 0.0312. The molecule has 1 amide bonds. The molecule has 0 bridgehead atoms. The number of benzene rings is 2. The number of para-hydroxylation sites is 1. The lowest BCUT2D eigenvalue weighted by Crippen LogP contribution is -2.43. The Morgan fingerprint density at radius 3 is 2.64 bits per heavy atom. The molecule has 1 N–H and O–H groups in total. The van der Waals surface area contributed by atoms with Crippen LogP contribution in [-0.2, 0) is 19.6 Å². The highest BCUT2D eigenvalue weighted by Crippen LogP contribution is 2.37. The topological polar surface area (TPSA) is 137 Å². The Hall–Kier alpha value is -3.38. The normalized spacial score (nSPS) is 15.6. The molecular weight excluding hydrogens is 454 g/mol. The van der Waals surface area contributed by atoms with Crippen LogP contribution in [0.3, 0.4) is 0 Å². The molecular formula is C21H25N3O8S. The maximum atomic E-state index is 13.6. The fourth-order valence-electron chi connectivity index (χ4n) is 3.45. The summed E-state index contributed by atoms with van der Waals surface area (Å²) >= 11 is 0. The third kappa shape index (κ3) is 5.52. The SMILES string of the molecule is COc1ccc(N(CC(=O)NC[C@@H]2CCCO2)S(=O)(=O)c2ccccc2[N+](=O)[O-])c(OC)c1. The number of ether oxygens (including phenoxy) is 3. The van der Waals surface area contributed by atoms with Gasteiger partial charge in [-0.3, -0.25) is 19.2 Å². The summed E-state index contributed by atoms with van der Waals surface area (Å²) in [6, 6.07) is 9.34. The predicted octanol–water partition coefficient (Wildman–Crippen LogP) is 2.10. The van der Waals surface area contributed by atoms with Crippen LogP contribution in [-0.4, -0.2) is 59.3 Å². The van der Waals surface area contributed by atoms with Gasteiger partial charge in [0.2, 0.25) is 5.91 Å². The fraction of sp³-hybridized carbons (Fsp3) is 0.381. The van der Waals surface area contributed by atoms with Crippen molar-refractivity contribution in [3.63, 3.8) is 0 Å². The van der Waals surface area contributed by atoms with Gasteiger partial charge in [-0.1, -0.05) is 12.1 Å². The van der Waals surface area contributed by atoms with E-state index in [2.05, 4.69) is 5.32 Å². The third-order valence-electron chi connectivity index (χ3n) is 5.12. The van der Waals surface area contributed by atoms with Crippen molar-refractivity contribution >= 4 is 27.3 Å². The number of carbonyl (C=O) groups is 1. The largest absolute Gasteiger partial charge is 0.497 e. The molecule has 0 saturated carbocycles. The van der Waals surface area contributed by atoms with Crippen molar-refractivity contribution in [2.24, 2.45) is 0 Å². The van der Waals surface area contributed by atoms with E-state index in [0.717, 1.165) is 29.3 Å². The van der Waals surface area contributed by atoms with Crippen LogP contribution in [0.25, 0.3) is 0 Å². The van der Waals surface area contributed by atoms with Gasteiger partial charge in [0.15, 0.2) is 4.90 Å². The molecule has 12 heteroatoms. The quantitative estimate of drug-likeness (QED) is 0.404. The lowest BCUT2D eigenvalue weighted by Gasteiger charge is -2.26. The van der Waals surface area contributed by atoms with Crippen molar-refractivity contribution in [3.05, 3.63) is 52.6 Å². The molecule has 1 heterocycles. The van der Waals surface area contributed by atoms with E-state index < -0.39 is 38.0 Å². The van der Waals surface area contributed by atoms with Crippen molar-refractivity contribution < 1.29 is 32.3 Å². The summed E-state index contributed by atoms with van der Waals surface area (Å²) in [4.78, 5) is 22.9. The monoisotopic (exact) mass is 479 g/mol. The minimum Gasteiger partial charge on any atom is -0.497 e. The van der Waals surface area contributed by atoms with Crippen LogP contribution in [0.1, 0.15) is 12.8 Å². The Morgan fingerprint density at radius 2 is 2.00 bits per heavy atom. The van der Waals surface area contributed by atoms with Gasteiger partial charge in [0.25, 0.3) is 15.7 Å². The average molecular weight is 480 g/mol. The number of nitro benzene ring substituents is 1. The Morgan fingerprint density at radius 1 is 1.24 bits per heavy atom. The molecule has 1 aliphatic heterocycles. The van der Waals surface area contributed by atoms with E-state index in [1.54, 1.807) is 0 Å². The highest BCUT2D eigenvalue weighted by molar-refractivity contribution is 7.93. The summed E-state index contributed by atoms with van der Waals surface area (Å²) in [5.74, 6) is -0.0737. The first-order valence-corrected chi connectivity index (χ1v) is 11.6. The first kappa shape index (κ1) is 24.3. The van der Waals surface area contributed by atoms with Crippen LogP contribution >= 0.6 is 0 Å². The fourth-order valence-corrected chi connectivity index (χ4v) is 5.05. The highest BCUT2D eigenvalue weighted by Gasteiger charge is 2.34. The molecule has 178 valence electrons. The summed E-state index contributed by atoms with van der Waals surface area (Å²) in [5, 5.41) is 14.2. The second-order valence-electron chi connectivity index (χ2n) is 7.21. The van der Waals surface area contributed by atoms with Gasteiger partial charge >= 0.3 is 0 Å². The van der Waals surface area contributed by atoms with E-state index in [0.29, 0.717) is 12.4 Å². The smallest absolute Gasteiger partial charge is 0.289 e. The number of nitrogens with zero attached hydrogens (tertiary/aromatic N) is 2. The molecule has 1 atom stereocenters. The van der Waals surface area contributed by atoms with Gasteiger partial charge in [0, 0.05) is 25.3 Å². The summed E-state index contributed by atoms with van der Waals surface area (Å²) in [6.45, 7) is 0.226. The maximum Gasteiger partial charge on any atom is 0.289 e. The molecule has 1 saturated heterocycles. The third-order valence-corrected chi connectivity index (χ3v) is 6.93. The predicted molar refractivity (Wildman–Crippen MR) is 119 cm³/mol.